The normalized spacial score (nSPS) is 20.2. The van der Waals surface area contributed by atoms with Crippen LogP contribution in [-0.2, 0) is 11.3 Å². The number of fused-ring (bicyclic) bond motifs is 1. The molecule has 3 rings (SSSR count). The van der Waals surface area contributed by atoms with Gasteiger partial charge in [0.15, 0.2) is 6.39 Å². The minimum absolute atomic E-state index is 0.193. The summed E-state index contributed by atoms with van der Waals surface area (Å²) in [7, 11) is 0. The molecule has 0 saturated heterocycles. The summed E-state index contributed by atoms with van der Waals surface area (Å²) in [6.45, 7) is 1.36. The summed E-state index contributed by atoms with van der Waals surface area (Å²) in [4.78, 5) is 3.95. The molecular formula is C10H8BrNO2S. The minimum atomic E-state index is 0.193. The van der Waals surface area contributed by atoms with Crippen molar-refractivity contribution in [1.29, 1.82) is 0 Å². The van der Waals surface area contributed by atoms with Crippen LogP contribution in [0.15, 0.2) is 26.2 Å². The molecule has 1 aliphatic heterocycles. The maximum absolute atomic E-state index is 5.56. The zero-order valence-corrected chi connectivity index (χ0v) is 10.2. The Labute approximate surface area is 99.2 Å². The van der Waals surface area contributed by atoms with E-state index in [1.807, 2.05) is 0 Å². The average Bonchev–Trinajstić information content (AvgIpc) is 2.88. The van der Waals surface area contributed by atoms with Gasteiger partial charge < -0.3 is 9.15 Å². The number of hydrogen-bond acceptors (Lipinski definition) is 4. The summed E-state index contributed by atoms with van der Waals surface area (Å²) < 4.78 is 12.1. The number of oxazole rings is 1. The first-order valence-corrected chi connectivity index (χ1v) is 6.25. The zero-order valence-electron chi connectivity index (χ0n) is 7.77. The van der Waals surface area contributed by atoms with Crippen LogP contribution in [0.25, 0.3) is 0 Å². The summed E-state index contributed by atoms with van der Waals surface area (Å²) in [5, 5.41) is 2.16. The first-order valence-electron chi connectivity index (χ1n) is 4.58. The van der Waals surface area contributed by atoms with Crippen molar-refractivity contribution in [3.63, 3.8) is 0 Å². The Morgan fingerprint density at radius 1 is 1.53 bits per heavy atom. The third kappa shape index (κ3) is 1.55. The molecule has 1 aliphatic rings. The van der Waals surface area contributed by atoms with E-state index in [0.717, 1.165) is 9.55 Å². The van der Waals surface area contributed by atoms with Crippen molar-refractivity contribution in [3.05, 3.63) is 38.6 Å². The molecule has 0 spiro atoms. The van der Waals surface area contributed by atoms with Gasteiger partial charge in [0.1, 0.15) is 5.76 Å². The quantitative estimate of drug-likeness (QED) is 0.807. The smallest absolute Gasteiger partial charge is 0.180 e. The lowest BCUT2D eigenvalue weighted by atomic mass is 9.95. The van der Waals surface area contributed by atoms with E-state index >= 15 is 0 Å². The lowest BCUT2D eigenvalue weighted by molar-refractivity contribution is 0.0948. The highest BCUT2D eigenvalue weighted by atomic mass is 79.9. The lowest BCUT2D eigenvalue weighted by Gasteiger charge is -2.21. The predicted octanol–water partition coefficient (Wildman–Crippen LogP) is 3.16. The number of nitrogens with zero attached hydrogens (tertiary/aromatic N) is 1. The molecule has 0 radical (unpaired) electrons. The van der Waals surface area contributed by atoms with Gasteiger partial charge >= 0.3 is 0 Å². The Kier molecular flexibility index (Phi) is 2.38. The molecule has 78 valence electrons. The Morgan fingerprint density at radius 3 is 3.27 bits per heavy atom. The van der Waals surface area contributed by atoms with Crippen LogP contribution in [0.1, 0.15) is 22.8 Å². The first kappa shape index (κ1) is 9.57. The first-order chi connectivity index (χ1) is 7.36. The minimum Gasteiger partial charge on any atom is -0.448 e. The summed E-state index contributed by atoms with van der Waals surface area (Å²) in [6.07, 6.45) is 3.22. The van der Waals surface area contributed by atoms with Crippen molar-refractivity contribution in [2.45, 2.75) is 12.5 Å². The molecule has 2 aromatic heterocycles. The monoisotopic (exact) mass is 285 g/mol. The molecule has 5 heteroatoms. The van der Waals surface area contributed by atoms with Crippen molar-refractivity contribution in [2.75, 3.05) is 6.61 Å². The number of rotatable bonds is 1. The second-order valence-corrected chi connectivity index (χ2v) is 5.61. The van der Waals surface area contributed by atoms with E-state index in [1.54, 1.807) is 17.5 Å². The molecule has 0 saturated carbocycles. The third-order valence-corrected chi connectivity index (χ3v) is 4.44. The SMILES string of the molecule is Brc1scc2c1COCC2c1cnco1. The zero-order chi connectivity index (χ0) is 10.3. The Balaban J connectivity index is 2.07. The molecule has 1 atom stereocenters. The molecule has 2 aromatic rings. The van der Waals surface area contributed by atoms with Crippen LogP contribution < -0.4 is 0 Å². The second-order valence-electron chi connectivity index (χ2n) is 3.41. The fraction of sp³-hybridized carbons (Fsp3) is 0.300. The number of hydrogen-bond donors (Lipinski definition) is 0. The maximum Gasteiger partial charge on any atom is 0.180 e. The fourth-order valence-electron chi connectivity index (χ4n) is 1.81. The van der Waals surface area contributed by atoms with Gasteiger partial charge in [-0.25, -0.2) is 4.98 Å². The van der Waals surface area contributed by atoms with Gasteiger partial charge in [0.05, 0.1) is 29.1 Å². The van der Waals surface area contributed by atoms with E-state index in [4.69, 9.17) is 9.15 Å². The average molecular weight is 286 g/mol. The van der Waals surface area contributed by atoms with E-state index in [1.165, 1.54) is 17.5 Å². The van der Waals surface area contributed by atoms with Crippen LogP contribution in [0.4, 0.5) is 0 Å². The molecule has 0 bridgehead atoms. The van der Waals surface area contributed by atoms with Crippen LogP contribution in [0.5, 0.6) is 0 Å². The van der Waals surface area contributed by atoms with E-state index in [0.29, 0.717) is 13.2 Å². The number of aromatic nitrogens is 1. The molecule has 0 N–H and O–H groups in total. The standard InChI is InChI=1S/C10H8BrNO2S/c11-10-7-3-13-2-6(8(7)4-15-10)9-1-12-5-14-9/h1,4-6H,2-3H2. The second kappa shape index (κ2) is 3.73. The summed E-state index contributed by atoms with van der Waals surface area (Å²) in [6, 6.07) is 0. The summed E-state index contributed by atoms with van der Waals surface area (Å²) >= 11 is 5.23. The van der Waals surface area contributed by atoms with Gasteiger partial charge in [0.2, 0.25) is 0 Å². The van der Waals surface area contributed by atoms with Crippen molar-refractivity contribution < 1.29 is 9.15 Å². The van der Waals surface area contributed by atoms with E-state index in [2.05, 4.69) is 26.3 Å². The van der Waals surface area contributed by atoms with Gasteiger partial charge in [-0.15, -0.1) is 11.3 Å². The van der Waals surface area contributed by atoms with Gasteiger partial charge in [-0.05, 0) is 26.9 Å². The van der Waals surface area contributed by atoms with Gasteiger partial charge in [-0.2, -0.15) is 0 Å². The highest BCUT2D eigenvalue weighted by Gasteiger charge is 2.27. The van der Waals surface area contributed by atoms with Crippen LogP contribution in [0.2, 0.25) is 0 Å². The number of thiophene rings is 1. The van der Waals surface area contributed by atoms with Crippen LogP contribution >= 0.6 is 27.3 Å². The van der Waals surface area contributed by atoms with Gasteiger partial charge in [-0.3, -0.25) is 0 Å². The van der Waals surface area contributed by atoms with Crippen molar-refractivity contribution in [2.24, 2.45) is 0 Å². The lowest BCUT2D eigenvalue weighted by Crippen LogP contribution is -2.15. The van der Waals surface area contributed by atoms with E-state index < -0.39 is 0 Å². The van der Waals surface area contributed by atoms with E-state index in [9.17, 15) is 0 Å². The predicted molar refractivity (Wildman–Crippen MR) is 60.0 cm³/mol. The number of halogens is 1. The number of ether oxygens (including phenoxy) is 1. The maximum atomic E-state index is 5.56. The molecule has 0 aromatic carbocycles. The Hall–Kier alpha value is -0.650. The van der Waals surface area contributed by atoms with Gasteiger partial charge in [0, 0.05) is 5.56 Å². The Morgan fingerprint density at radius 2 is 2.47 bits per heavy atom. The molecule has 1 unspecified atom stereocenters. The molecular weight excluding hydrogens is 278 g/mol. The summed E-state index contributed by atoms with van der Waals surface area (Å²) in [5.41, 5.74) is 2.54. The van der Waals surface area contributed by atoms with Crippen LogP contribution in [0.3, 0.4) is 0 Å². The highest BCUT2D eigenvalue weighted by molar-refractivity contribution is 9.11. The van der Waals surface area contributed by atoms with Crippen LogP contribution in [0, 0.1) is 0 Å². The molecule has 0 fully saturated rings. The highest BCUT2D eigenvalue weighted by Crippen LogP contribution is 2.39. The van der Waals surface area contributed by atoms with Crippen molar-refractivity contribution in [1.82, 2.24) is 4.98 Å². The van der Waals surface area contributed by atoms with E-state index in [-0.39, 0.29) is 5.92 Å². The Bertz CT molecular complexity index is 466. The summed E-state index contributed by atoms with van der Waals surface area (Å²) in [5.74, 6) is 1.07. The van der Waals surface area contributed by atoms with Gasteiger partial charge in [-0.1, -0.05) is 0 Å². The molecule has 3 heterocycles. The van der Waals surface area contributed by atoms with Crippen molar-refractivity contribution >= 4 is 27.3 Å². The molecule has 3 nitrogen and oxygen atoms in total. The fourth-order valence-corrected chi connectivity index (χ4v) is 3.28. The molecule has 0 amide bonds. The molecule has 0 aliphatic carbocycles. The largest absolute Gasteiger partial charge is 0.448 e. The third-order valence-electron chi connectivity index (χ3n) is 2.58. The van der Waals surface area contributed by atoms with Crippen molar-refractivity contribution in [3.8, 4) is 0 Å². The molecule has 15 heavy (non-hydrogen) atoms. The van der Waals surface area contributed by atoms with Crippen LogP contribution in [-0.4, -0.2) is 11.6 Å². The van der Waals surface area contributed by atoms with Gasteiger partial charge in [0.25, 0.3) is 0 Å². The topological polar surface area (TPSA) is 35.3 Å².